The van der Waals surface area contributed by atoms with E-state index >= 15 is 0 Å². The van der Waals surface area contributed by atoms with E-state index in [2.05, 4.69) is 4.98 Å². The summed E-state index contributed by atoms with van der Waals surface area (Å²) < 4.78 is 11.3. The van der Waals surface area contributed by atoms with Gasteiger partial charge < -0.3 is 14.4 Å². The second kappa shape index (κ2) is 6.85. The highest BCUT2D eigenvalue weighted by Crippen LogP contribution is 2.35. The average molecular weight is 372 g/mol. The molecule has 5 nitrogen and oxygen atoms in total. The Morgan fingerprint density at radius 1 is 1.20 bits per heavy atom. The summed E-state index contributed by atoms with van der Waals surface area (Å²) >= 11 is 3.00. The molecule has 0 saturated heterocycles. The molecular weight excluding hydrogens is 356 g/mol. The van der Waals surface area contributed by atoms with Crippen LogP contribution in [0.25, 0.3) is 0 Å². The first kappa shape index (κ1) is 16.1. The number of hydrogen-bond donors (Lipinski definition) is 0. The highest BCUT2D eigenvalue weighted by Gasteiger charge is 2.24. The summed E-state index contributed by atoms with van der Waals surface area (Å²) in [6.45, 7) is 3.43. The molecule has 1 aliphatic heterocycles. The van der Waals surface area contributed by atoms with Crippen molar-refractivity contribution in [2.24, 2.45) is 0 Å². The Bertz CT molecular complexity index is 890. The van der Waals surface area contributed by atoms with E-state index in [4.69, 9.17) is 9.47 Å². The fourth-order valence-corrected chi connectivity index (χ4v) is 4.11. The third kappa shape index (κ3) is 3.25. The largest absolute Gasteiger partial charge is 0.486 e. The van der Waals surface area contributed by atoms with E-state index in [0.29, 0.717) is 36.1 Å². The van der Waals surface area contributed by atoms with Crippen LogP contribution in [0.15, 0.2) is 41.2 Å². The smallest absolute Gasteiger partial charge is 0.270 e. The topological polar surface area (TPSA) is 51.7 Å². The zero-order chi connectivity index (χ0) is 17.2. The number of aromatic nitrogens is 1. The molecule has 3 heterocycles. The summed E-state index contributed by atoms with van der Waals surface area (Å²) in [6, 6.07) is 9.65. The maximum absolute atomic E-state index is 13.2. The summed E-state index contributed by atoms with van der Waals surface area (Å²) in [5.41, 5.74) is 3.24. The average Bonchev–Trinajstić information content (AvgIpc) is 3.30. The van der Waals surface area contributed by atoms with Crippen LogP contribution in [-0.4, -0.2) is 24.1 Å². The Morgan fingerprint density at radius 2 is 2.04 bits per heavy atom. The van der Waals surface area contributed by atoms with Crippen molar-refractivity contribution in [3.8, 4) is 11.5 Å². The minimum absolute atomic E-state index is 0.0509. The van der Waals surface area contributed by atoms with Crippen LogP contribution >= 0.6 is 22.7 Å². The van der Waals surface area contributed by atoms with Gasteiger partial charge in [-0.25, -0.2) is 4.98 Å². The quantitative estimate of drug-likeness (QED) is 0.691. The second-order valence-electron chi connectivity index (χ2n) is 5.57. The van der Waals surface area contributed by atoms with E-state index in [1.807, 2.05) is 42.6 Å². The molecule has 1 aliphatic rings. The van der Waals surface area contributed by atoms with Crippen LogP contribution in [-0.2, 0) is 6.54 Å². The number of nitrogens with zero attached hydrogens (tertiary/aromatic N) is 2. The number of thiophene rings is 1. The third-order valence-electron chi connectivity index (χ3n) is 3.92. The fourth-order valence-electron chi connectivity index (χ4n) is 2.67. The Morgan fingerprint density at radius 3 is 2.76 bits per heavy atom. The monoisotopic (exact) mass is 372 g/mol. The molecule has 25 heavy (non-hydrogen) atoms. The van der Waals surface area contributed by atoms with Gasteiger partial charge in [0.05, 0.1) is 17.7 Å². The normalized spacial score (nSPS) is 12.8. The van der Waals surface area contributed by atoms with Gasteiger partial charge in [0.1, 0.15) is 18.1 Å². The Hall–Kier alpha value is -2.38. The lowest BCUT2D eigenvalue weighted by atomic mass is 10.2. The number of ether oxygens (including phenoxy) is 2. The molecule has 0 spiro atoms. The van der Waals surface area contributed by atoms with Gasteiger partial charge in [0.15, 0.2) is 11.5 Å². The molecule has 7 heteroatoms. The van der Waals surface area contributed by atoms with E-state index in [1.54, 1.807) is 21.7 Å². The van der Waals surface area contributed by atoms with Crippen molar-refractivity contribution in [3.63, 3.8) is 0 Å². The third-order valence-corrected chi connectivity index (χ3v) is 5.69. The predicted octanol–water partition coefficient (Wildman–Crippen LogP) is 4.13. The summed E-state index contributed by atoms with van der Waals surface area (Å²) in [4.78, 5) is 20.9. The summed E-state index contributed by atoms with van der Waals surface area (Å²) in [5, 5.41) is 2.01. The summed E-state index contributed by atoms with van der Waals surface area (Å²) in [6.07, 6.45) is 0. The molecule has 0 radical (unpaired) electrons. The van der Waals surface area contributed by atoms with E-state index in [0.717, 1.165) is 16.3 Å². The number of thiazole rings is 1. The summed E-state index contributed by atoms with van der Waals surface area (Å²) in [7, 11) is 0. The van der Waals surface area contributed by atoms with Gasteiger partial charge >= 0.3 is 0 Å². The molecule has 0 bridgehead atoms. The number of anilines is 1. The van der Waals surface area contributed by atoms with E-state index < -0.39 is 0 Å². The van der Waals surface area contributed by atoms with Gasteiger partial charge in [0.25, 0.3) is 5.91 Å². The molecule has 128 valence electrons. The molecule has 0 aliphatic carbocycles. The molecule has 0 atom stereocenters. The minimum atomic E-state index is -0.0509. The van der Waals surface area contributed by atoms with Gasteiger partial charge in [-0.15, -0.1) is 22.7 Å². The number of rotatable bonds is 4. The van der Waals surface area contributed by atoms with Crippen molar-refractivity contribution in [2.45, 2.75) is 13.5 Å². The zero-order valence-corrected chi connectivity index (χ0v) is 15.2. The van der Waals surface area contributed by atoms with E-state index in [9.17, 15) is 4.79 Å². The van der Waals surface area contributed by atoms with Crippen molar-refractivity contribution >= 4 is 34.3 Å². The number of carbonyl (C=O) groups is 1. The Labute approximate surface area is 153 Å². The highest BCUT2D eigenvalue weighted by atomic mass is 32.1. The zero-order valence-electron chi connectivity index (χ0n) is 13.6. The van der Waals surface area contributed by atoms with Crippen molar-refractivity contribution in [2.75, 3.05) is 18.1 Å². The van der Waals surface area contributed by atoms with Gasteiger partial charge in [-0.2, -0.15) is 0 Å². The highest BCUT2D eigenvalue weighted by molar-refractivity contribution is 7.12. The first-order chi connectivity index (χ1) is 12.2. The van der Waals surface area contributed by atoms with Gasteiger partial charge in [0.2, 0.25) is 0 Å². The molecule has 0 unspecified atom stereocenters. The van der Waals surface area contributed by atoms with Crippen molar-refractivity contribution < 1.29 is 14.3 Å². The predicted molar refractivity (Wildman–Crippen MR) is 99.1 cm³/mol. The van der Waals surface area contributed by atoms with Crippen molar-refractivity contribution in [1.82, 2.24) is 4.98 Å². The van der Waals surface area contributed by atoms with Crippen LogP contribution in [0.2, 0.25) is 0 Å². The molecule has 4 rings (SSSR count). The van der Waals surface area contributed by atoms with Gasteiger partial charge in [0, 0.05) is 16.6 Å². The molecule has 2 aromatic heterocycles. The molecule has 0 N–H and O–H groups in total. The van der Waals surface area contributed by atoms with Crippen LogP contribution < -0.4 is 14.4 Å². The fraction of sp³-hybridized carbons (Fsp3) is 0.222. The van der Waals surface area contributed by atoms with Crippen LogP contribution in [0.1, 0.15) is 20.2 Å². The summed E-state index contributed by atoms with van der Waals surface area (Å²) in [5.74, 6) is 1.34. The Kier molecular flexibility index (Phi) is 4.42. The SMILES string of the molecule is Cc1ncsc1C(=O)N(Cc1cccs1)c1ccc2c(c1)OCCO2. The minimum Gasteiger partial charge on any atom is -0.486 e. The Balaban J connectivity index is 1.72. The van der Waals surface area contributed by atoms with Crippen LogP contribution in [0.4, 0.5) is 5.69 Å². The molecule has 0 fully saturated rings. The maximum atomic E-state index is 13.2. The number of hydrogen-bond acceptors (Lipinski definition) is 6. The number of aryl methyl sites for hydroxylation is 1. The molecule has 1 aromatic carbocycles. The molecule has 3 aromatic rings. The molecule has 0 saturated carbocycles. The van der Waals surface area contributed by atoms with Crippen molar-refractivity contribution in [3.05, 3.63) is 56.7 Å². The van der Waals surface area contributed by atoms with Gasteiger partial charge in [-0.1, -0.05) is 6.07 Å². The standard InChI is InChI=1S/C18H16N2O3S2/c1-12-17(25-11-19-12)18(21)20(10-14-3-2-8-24-14)13-4-5-15-16(9-13)23-7-6-22-15/h2-5,8-9,11H,6-7,10H2,1H3. The van der Waals surface area contributed by atoms with E-state index in [-0.39, 0.29) is 5.91 Å². The first-order valence-electron chi connectivity index (χ1n) is 7.86. The van der Waals surface area contributed by atoms with Crippen LogP contribution in [0.5, 0.6) is 11.5 Å². The maximum Gasteiger partial charge on any atom is 0.270 e. The number of carbonyl (C=O) groups excluding carboxylic acids is 1. The lowest BCUT2D eigenvalue weighted by molar-refractivity contribution is 0.0988. The lowest BCUT2D eigenvalue weighted by Gasteiger charge is -2.25. The second-order valence-corrected chi connectivity index (χ2v) is 7.45. The number of benzene rings is 1. The first-order valence-corrected chi connectivity index (χ1v) is 9.62. The number of amides is 1. The van der Waals surface area contributed by atoms with Gasteiger partial charge in [-0.3, -0.25) is 4.79 Å². The van der Waals surface area contributed by atoms with E-state index in [1.165, 1.54) is 11.3 Å². The van der Waals surface area contributed by atoms with Crippen molar-refractivity contribution in [1.29, 1.82) is 0 Å². The van der Waals surface area contributed by atoms with Crippen LogP contribution in [0, 0.1) is 6.92 Å². The molecular formula is C18H16N2O3S2. The lowest BCUT2D eigenvalue weighted by Crippen LogP contribution is -2.30. The van der Waals surface area contributed by atoms with Crippen LogP contribution in [0.3, 0.4) is 0 Å². The number of fused-ring (bicyclic) bond motifs is 1. The molecule has 1 amide bonds. The van der Waals surface area contributed by atoms with Gasteiger partial charge in [-0.05, 0) is 30.5 Å².